The third kappa shape index (κ3) is 16.8. The van der Waals surface area contributed by atoms with Crippen molar-refractivity contribution in [2.45, 2.75) is 167 Å². The van der Waals surface area contributed by atoms with Gasteiger partial charge in [0, 0.05) is 74.6 Å². The number of Topliss-reactive ketones (excluding diaryl/α,β-unsaturated/α-hetero) is 1. The van der Waals surface area contributed by atoms with Crippen molar-refractivity contribution in [2.75, 3.05) is 44.6 Å². The number of epoxide rings is 1. The quantitative estimate of drug-likeness (QED) is 0.0208. The number of urea groups is 1. The van der Waals surface area contributed by atoms with E-state index in [-0.39, 0.29) is 85.4 Å². The first-order chi connectivity index (χ1) is 40.7. The topological polar surface area (TPSA) is 288 Å². The van der Waals surface area contributed by atoms with E-state index in [1.807, 2.05) is 33.8 Å². The van der Waals surface area contributed by atoms with Crippen LogP contribution in [0, 0.1) is 23.7 Å². The lowest BCUT2D eigenvalue weighted by Gasteiger charge is -2.41. The zero-order valence-corrected chi connectivity index (χ0v) is 52.1. The number of aromatic nitrogens is 1. The second kappa shape index (κ2) is 29.2. The number of nitrogens with zero attached hydrogens (tertiary/aromatic N) is 3. The molecule has 3 saturated heterocycles. The molecule has 10 atom stereocenters. The minimum atomic E-state index is -1.63. The predicted molar refractivity (Wildman–Crippen MR) is 328 cm³/mol. The number of allylic oxidation sites excluding steroid dienone is 3. The first-order valence-corrected chi connectivity index (χ1v) is 30.2. The smallest absolute Gasteiger partial charge is 0.412 e. The van der Waals surface area contributed by atoms with E-state index in [0.717, 1.165) is 24.0 Å². The van der Waals surface area contributed by atoms with Gasteiger partial charge in [0.15, 0.2) is 5.78 Å². The third-order valence-electron chi connectivity index (χ3n) is 16.9. The van der Waals surface area contributed by atoms with E-state index in [2.05, 4.69) is 16.0 Å². The number of amides is 7. The van der Waals surface area contributed by atoms with Gasteiger partial charge in [-0.2, -0.15) is 0 Å². The highest BCUT2D eigenvalue weighted by Gasteiger charge is 2.64. The molecule has 0 spiro atoms. The number of carbonyl (C=O) groups excluding carboxylic acids is 8. The van der Waals surface area contributed by atoms with Crippen LogP contribution in [0.5, 0.6) is 5.75 Å². The van der Waals surface area contributed by atoms with E-state index in [0.29, 0.717) is 77.2 Å². The molecule has 0 aliphatic carbocycles. The summed E-state index contributed by atoms with van der Waals surface area (Å²) in [5.41, 5.74) is 5.69. The van der Waals surface area contributed by atoms with Gasteiger partial charge in [0.2, 0.25) is 23.6 Å². The molecule has 86 heavy (non-hydrogen) atoms. The molecule has 466 valence electrons. The van der Waals surface area contributed by atoms with Crippen LogP contribution in [0.1, 0.15) is 123 Å². The SMILES string of the molecule is COc1cc2cc(c1Cl)N(C)C(=O)C[C@H](OC(=O)Nc1ccc3nc(CC(=O)[C@H](CCCNC(N)=O)NC(=O)[C@@H](CC(=S)CCCCCN4C(=O)CC(C)C4=O)C(C)C)ccc3c1)[C@]1(C)O[C@H]1[C@H](C)[C@@H]1C[C@@](O)(CC(=O)O1)[C@H](OC)/C=C/C=C(\C)C2. The van der Waals surface area contributed by atoms with Crippen LogP contribution in [0.3, 0.4) is 0 Å². The van der Waals surface area contributed by atoms with Gasteiger partial charge in [0.1, 0.15) is 40.3 Å². The molecule has 0 saturated carbocycles. The number of ether oxygens (including phenoxy) is 5. The van der Waals surface area contributed by atoms with Crippen molar-refractivity contribution in [3.05, 3.63) is 82.5 Å². The molecule has 5 heterocycles. The number of halogens is 1. The van der Waals surface area contributed by atoms with E-state index in [1.165, 1.54) is 24.0 Å². The lowest BCUT2D eigenvalue weighted by Crippen LogP contribution is -2.53. The number of rotatable bonds is 22. The number of fused-ring (bicyclic) bond motifs is 6. The number of methoxy groups -OCH3 is 2. The number of hydrogen-bond donors (Lipinski definition) is 5. The van der Waals surface area contributed by atoms with Crippen LogP contribution >= 0.6 is 23.8 Å². The lowest BCUT2D eigenvalue weighted by atomic mass is 9.78. The van der Waals surface area contributed by atoms with Gasteiger partial charge < -0.3 is 50.1 Å². The van der Waals surface area contributed by atoms with Gasteiger partial charge >= 0.3 is 18.1 Å². The summed E-state index contributed by atoms with van der Waals surface area (Å²) >= 11 is 12.6. The van der Waals surface area contributed by atoms with Crippen LogP contribution < -0.4 is 31.3 Å². The lowest BCUT2D eigenvalue weighted by molar-refractivity contribution is -0.187. The van der Waals surface area contributed by atoms with Gasteiger partial charge in [-0.3, -0.25) is 44.0 Å². The Morgan fingerprint density at radius 3 is 2.44 bits per heavy atom. The highest BCUT2D eigenvalue weighted by molar-refractivity contribution is 7.80. The highest BCUT2D eigenvalue weighted by atomic mass is 35.5. The normalized spacial score (nSPS) is 26.0. The molecule has 4 aliphatic rings. The van der Waals surface area contributed by atoms with Crippen LogP contribution in [-0.2, 0) is 60.6 Å². The second-order valence-corrected chi connectivity index (χ2v) is 24.8. The number of thiocarbonyl (C=S) groups is 1. The number of nitrogens with two attached hydrogens (primary N) is 1. The summed E-state index contributed by atoms with van der Waals surface area (Å²) in [5, 5.41) is 21.1. The summed E-state index contributed by atoms with van der Waals surface area (Å²) in [6.07, 6.45) is 4.31. The summed E-state index contributed by atoms with van der Waals surface area (Å²) in [6.45, 7) is 11.6. The fourth-order valence-electron chi connectivity index (χ4n) is 11.7. The summed E-state index contributed by atoms with van der Waals surface area (Å²) in [4.78, 5) is 114. The van der Waals surface area contributed by atoms with Crippen molar-refractivity contribution in [1.29, 1.82) is 0 Å². The molecule has 2 aromatic carbocycles. The number of hydrogen-bond acceptors (Lipinski definition) is 16. The van der Waals surface area contributed by atoms with Gasteiger partial charge in [-0.15, -0.1) is 0 Å². The number of anilines is 2. The van der Waals surface area contributed by atoms with Gasteiger partial charge in [-0.25, -0.2) is 9.59 Å². The van der Waals surface area contributed by atoms with Crippen LogP contribution in [0.15, 0.2) is 66.3 Å². The van der Waals surface area contributed by atoms with Crippen molar-refractivity contribution in [3.8, 4) is 5.75 Å². The van der Waals surface area contributed by atoms with E-state index in [1.54, 1.807) is 75.5 Å². The summed E-state index contributed by atoms with van der Waals surface area (Å²) in [6, 6.07) is 10.3. The van der Waals surface area contributed by atoms with Gasteiger partial charge in [-0.1, -0.05) is 87.8 Å². The Morgan fingerprint density at radius 1 is 1.00 bits per heavy atom. The minimum absolute atomic E-state index is 0.0139. The molecule has 3 fully saturated rings. The Morgan fingerprint density at radius 2 is 1.76 bits per heavy atom. The number of pyridine rings is 1. The molecule has 1 aromatic heterocycles. The zero-order chi connectivity index (χ0) is 62.8. The molecule has 7 rings (SSSR count). The van der Waals surface area contributed by atoms with Crippen LogP contribution in [0.25, 0.3) is 10.9 Å². The van der Waals surface area contributed by atoms with Gasteiger partial charge in [0.05, 0.1) is 49.7 Å². The number of nitrogens with one attached hydrogen (secondary N) is 3. The van der Waals surface area contributed by atoms with Crippen molar-refractivity contribution >= 4 is 98.5 Å². The predicted octanol–water partition coefficient (Wildman–Crippen LogP) is 8.20. The van der Waals surface area contributed by atoms with Crippen molar-refractivity contribution in [1.82, 2.24) is 20.5 Å². The van der Waals surface area contributed by atoms with E-state index >= 15 is 0 Å². The fraction of sp³-hybridized carbons (Fsp3) is 0.556. The molecule has 0 radical (unpaired) electrons. The Bertz CT molecular complexity index is 3140. The molecular formula is C63H82ClN7O14S. The number of benzene rings is 2. The van der Waals surface area contributed by atoms with Gasteiger partial charge in [-0.05, 0) is 112 Å². The maximum atomic E-state index is 14.5. The number of aliphatic hydroxyl groups is 1. The third-order valence-corrected chi connectivity index (χ3v) is 17.6. The molecule has 4 bridgehead atoms. The van der Waals surface area contributed by atoms with Crippen molar-refractivity contribution in [2.24, 2.45) is 29.4 Å². The summed E-state index contributed by atoms with van der Waals surface area (Å²) in [5.74, 6) is -3.12. The van der Waals surface area contributed by atoms with E-state index in [9.17, 15) is 43.5 Å². The average Bonchev–Trinajstić information content (AvgIpc) is 2.51. The summed E-state index contributed by atoms with van der Waals surface area (Å²) in [7, 11) is 4.50. The molecule has 1 unspecified atom stereocenters. The number of unbranched alkanes of at least 4 members (excludes halogenated alkanes) is 2. The van der Waals surface area contributed by atoms with Crippen LogP contribution in [0.2, 0.25) is 5.02 Å². The van der Waals surface area contributed by atoms with Crippen molar-refractivity contribution < 1.29 is 67.1 Å². The maximum absolute atomic E-state index is 14.5. The minimum Gasteiger partial charge on any atom is -0.495 e. The number of likely N-dealkylation sites (tertiary alicyclic amines) is 1. The standard InChI is InChI=1S/C63H82ClN7O14S/c1-35(2)44(31-43(86)16-11-10-12-24-71-54(74)26-37(4)59(71)77)58(76)69-46(17-14-23-66-60(65)78)48(72)30-42-20-19-40-29-41(21-22-45(40)67-42)68-61(79)84-52-32-53(73)70(7)47-27-39(28-49(81-8)56(47)64)25-36(3)15-13-18-51(82-9)63(80)33-50(83-55(75)34-63)38(5)57-62(52,6)85-57/h13,15,18-22,27-29,35,37-38,44,46,50-52,57,80H,10-12,14,16-17,23-26,30-34H2,1-9H3,(H,68,79)(H,69,76)(H3,65,66,78)/b18-13+,36-15+/t37?,38-,44+,46+,50+,51-,52+,57+,62+,63-/m1/s1. The van der Waals surface area contributed by atoms with Crippen molar-refractivity contribution in [3.63, 3.8) is 0 Å². The Labute approximate surface area is 512 Å². The van der Waals surface area contributed by atoms with E-state index < -0.39 is 77.5 Å². The van der Waals surface area contributed by atoms with Gasteiger partial charge in [0.25, 0.3) is 0 Å². The molecule has 4 aliphatic heterocycles. The Kier molecular flexibility index (Phi) is 22.7. The molecule has 6 N–H and O–H groups in total. The zero-order valence-electron chi connectivity index (χ0n) is 50.5. The number of ketones is 1. The second-order valence-electron chi connectivity index (χ2n) is 23.9. The monoisotopic (exact) mass is 1230 g/mol. The molecule has 3 aromatic rings. The number of imide groups is 1. The maximum Gasteiger partial charge on any atom is 0.412 e. The van der Waals surface area contributed by atoms with E-state index in [4.69, 9.17) is 58.2 Å². The largest absolute Gasteiger partial charge is 0.495 e. The Hall–Kier alpha value is -6.85. The Balaban J connectivity index is 1.04. The molecular weight excluding hydrogens is 1150 g/mol. The first kappa shape index (κ1) is 66.7. The first-order valence-electron chi connectivity index (χ1n) is 29.4. The molecule has 21 nitrogen and oxygen atoms in total. The van der Waals surface area contributed by atoms with Crippen LogP contribution in [-0.4, -0.2) is 143 Å². The molecule has 7 amide bonds. The number of esters is 1. The summed E-state index contributed by atoms with van der Waals surface area (Å²) < 4.78 is 29.8. The number of carbonyl (C=O) groups is 8. The molecule has 23 heteroatoms. The number of primary amides is 1. The fourth-order valence-corrected chi connectivity index (χ4v) is 12.4. The highest BCUT2D eigenvalue weighted by Crippen LogP contribution is 2.50. The average molecular weight is 1230 g/mol. The van der Waals surface area contributed by atoms with Crippen LogP contribution in [0.4, 0.5) is 21.0 Å².